The number of nitrogens with one attached hydrogen (secondary N) is 1. The van der Waals surface area contributed by atoms with Gasteiger partial charge < -0.3 is 10.4 Å². The summed E-state index contributed by atoms with van der Waals surface area (Å²) in [5.74, 6) is 0.280. The normalized spacial score (nSPS) is 27.2. The van der Waals surface area contributed by atoms with Gasteiger partial charge in [-0.15, -0.1) is 0 Å². The number of β-amino-alcohol motifs (C(OH)–C–C–N with tert-alkyl or cyclic N) is 1. The van der Waals surface area contributed by atoms with Gasteiger partial charge in [-0.25, -0.2) is 0 Å². The van der Waals surface area contributed by atoms with Crippen molar-refractivity contribution in [1.82, 2.24) is 5.32 Å². The molecule has 17 heavy (non-hydrogen) atoms. The number of nitrogens with zero attached hydrogens (tertiary/aromatic N) is 1. The van der Waals surface area contributed by atoms with Crippen LogP contribution in [0.2, 0.25) is 0 Å². The van der Waals surface area contributed by atoms with E-state index in [4.69, 9.17) is 0 Å². The number of rotatable bonds is 1. The van der Waals surface area contributed by atoms with Gasteiger partial charge in [-0.1, -0.05) is 6.07 Å². The zero-order valence-electron chi connectivity index (χ0n) is 10.1. The molecule has 0 saturated carbocycles. The highest BCUT2D eigenvalue weighted by Gasteiger charge is 2.26. The smallest absolute Gasteiger partial charge is 0.0733 e. The summed E-state index contributed by atoms with van der Waals surface area (Å²) in [5, 5.41) is 13.3. The lowest BCUT2D eigenvalue weighted by Gasteiger charge is -2.30. The maximum absolute atomic E-state index is 10.1. The molecule has 2 atom stereocenters. The van der Waals surface area contributed by atoms with E-state index in [0.717, 1.165) is 19.5 Å². The Labute approximate surface area is 102 Å². The summed E-state index contributed by atoms with van der Waals surface area (Å²) in [6.07, 6.45) is 2.70. The van der Waals surface area contributed by atoms with Crippen LogP contribution >= 0.6 is 0 Å². The molecule has 1 saturated heterocycles. The zero-order valence-corrected chi connectivity index (χ0v) is 10.1. The molecule has 2 aliphatic rings. The van der Waals surface area contributed by atoms with Gasteiger partial charge in [-0.05, 0) is 48.2 Å². The summed E-state index contributed by atoms with van der Waals surface area (Å²) in [6.45, 7) is 4.63. The van der Waals surface area contributed by atoms with Crippen molar-refractivity contribution in [3.05, 3.63) is 34.4 Å². The van der Waals surface area contributed by atoms with Crippen LogP contribution in [0.1, 0.15) is 34.6 Å². The lowest BCUT2D eigenvalue weighted by atomic mass is 9.84. The molecule has 0 aromatic heterocycles. The highest BCUT2D eigenvalue weighted by molar-refractivity contribution is 5.85. The molecule has 0 spiro atoms. The van der Waals surface area contributed by atoms with Crippen molar-refractivity contribution in [1.29, 1.82) is 0 Å². The fourth-order valence-electron chi connectivity index (χ4n) is 2.90. The Morgan fingerprint density at radius 3 is 3.12 bits per heavy atom. The molecule has 2 aliphatic heterocycles. The highest BCUT2D eigenvalue weighted by Crippen LogP contribution is 2.31. The van der Waals surface area contributed by atoms with Gasteiger partial charge in [0.2, 0.25) is 0 Å². The Hall–Kier alpha value is -1.19. The Bertz CT molecular complexity index is 468. The zero-order chi connectivity index (χ0) is 11.8. The second kappa shape index (κ2) is 4.24. The predicted molar refractivity (Wildman–Crippen MR) is 68.7 cm³/mol. The van der Waals surface area contributed by atoms with E-state index in [1.807, 2.05) is 6.21 Å². The van der Waals surface area contributed by atoms with Crippen LogP contribution in [0.4, 0.5) is 0 Å². The van der Waals surface area contributed by atoms with E-state index in [1.54, 1.807) is 0 Å². The standard InChI is InChI=1S/C14H18N2O/c1-9-4-10-6-16-7-11(10)5-13(9)12-2-3-15-8-14(12)17/h4-6,12,14-15,17H,2-3,7-8H2,1H3. The lowest BCUT2D eigenvalue weighted by Crippen LogP contribution is -2.39. The molecule has 3 nitrogen and oxygen atoms in total. The molecule has 1 fully saturated rings. The van der Waals surface area contributed by atoms with Crippen LogP contribution in [-0.4, -0.2) is 30.5 Å². The van der Waals surface area contributed by atoms with E-state index in [9.17, 15) is 5.11 Å². The van der Waals surface area contributed by atoms with Gasteiger partial charge in [0.05, 0.1) is 12.6 Å². The Morgan fingerprint density at radius 1 is 1.41 bits per heavy atom. The van der Waals surface area contributed by atoms with Crippen LogP contribution in [0.25, 0.3) is 0 Å². The van der Waals surface area contributed by atoms with Crippen molar-refractivity contribution < 1.29 is 5.11 Å². The number of aliphatic hydroxyl groups excluding tert-OH is 1. The quantitative estimate of drug-likeness (QED) is 0.765. The Balaban J connectivity index is 1.97. The number of piperidine rings is 1. The second-order valence-electron chi connectivity index (χ2n) is 5.04. The van der Waals surface area contributed by atoms with Crippen molar-refractivity contribution in [2.75, 3.05) is 13.1 Å². The lowest BCUT2D eigenvalue weighted by molar-refractivity contribution is 0.118. The van der Waals surface area contributed by atoms with Crippen LogP contribution in [0.5, 0.6) is 0 Å². The van der Waals surface area contributed by atoms with Gasteiger partial charge in [0.25, 0.3) is 0 Å². The molecule has 1 aromatic rings. The number of aryl methyl sites for hydroxylation is 1. The summed E-state index contributed by atoms with van der Waals surface area (Å²) in [7, 11) is 0. The first-order chi connectivity index (χ1) is 8.25. The van der Waals surface area contributed by atoms with Crippen LogP contribution in [0.3, 0.4) is 0 Å². The SMILES string of the molecule is Cc1cc2c(cc1C1CCNCC1O)CN=C2. The van der Waals surface area contributed by atoms with Crippen LogP contribution in [0, 0.1) is 6.92 Å². The predicted octanol–water partition coefficient (Wildman–Crippen LogP) is 1.37. The largest absolute Gasteiger partial charge is 0.391 e. The van der Waals surface area contributed by atoms with Crippen LogP contribution in [0.15, 0.2) is 17.1 Å². The van der Waals surface area contributed by atoms with E-state index in [1.165, 1.54) is 22.3 Å². The van der Waals surface area contributed by atoms with Crippen molar-refractivity contribution in [2.24, 2.45) is 4.99 Å². The van der Waals surface area contributed by atoms with E-state index in [0.29, 0.717) is 6.54 Å². The van der Waals surface area contributed by atoms with E-state index >= 15 is 0 Å². The van der Waals surface area contributed by atoms with Crippen molar-refractivity contribution in [3.63, 3.8) is 0 Å². The fourth-order valence-corrected chi connectivity index (χ4v) is 2.90. The number of hydrogen-bond acceptors (Lipinski definition) is 3. The molecule has 90 valence electrons. The summed E-state index contributed by atoms with van der Waals surface area (Å²) in [6, 6.07) is 4.45. The van der Waals surface area contributed by atoms with E-state index in [2.05, 4.69) is 29.4 Å². The highest BCUT2D eigenvalue weighted by atomic mass is 16.3. The van der Waals surface area contributed by atoms with Crippen molar-refractivity contribution >= 4 is 6.21 Å². The molecule has 3 heteroatoms. The third-order valence-corrected chi connectivity index (χ3v) is 3.87. The van der Waals surface area contributed by atoms with E-state index < -0.39 is 0 Å². The average molecular weight is 230 g/mol. The van der Waals surface area contributed by atoms with Gasteiger partial charge in [0.15, 0.2) is 0 Å². The first-order valence-corrected chi connectivity index (χ1v) is 6.28. The maximum atomic E-state index is 10.1. The first-order valence-electron chi connectivity index (χ1n) is 6.28. The Kier molecular flexibility index (Phi) is 2.73. The molecule has 2 unspecified atom stereocenters. The second-order valence-corrected chi connectivity index (χ2v) is 5.04. The van der Waals surface area contributed by atoms with Crippen molar-refractivity contribution in [3.8, 4) is 0 Å². The summed E-state index contributed by atoms with van der Waals surface area (Å²) >= 11 is 0. The minimum Gasteiger partial charge on any atom is -0.391 e. The fraction of sp³-hybridized carbons (Fsp3) is 0.500. The summed E-state index contributed by atoms with van der Waals surface area (Å²) < 4.78 is 0. The van der Waals surface area contributed by atoms with Crippen LogP contribution < -0.4 is 5.32 Å². The summed E-state index contributed by atoms with van der Waals surface area (Å²) in [5.41, 5.74) is 5.14. The Morgan fingerprint density at radius 2 is 2.29 bits per heavy atom. The minimum atomic E-state index is -0.261. The van der Waals surface area contributed by atoms with Gasteiger partial charge in [-0.2, -0.15) is 0 Å². The van der Waals surface area contributed by atoms with Gasteiger partial charge in [0, 0.05) is 18.7 Å². The topological polar surface area (TPSA) is 44.6 Å². The molecule has 2 heterocycles. The van der Waals surface area contributed by atoms with Crippen LogP contribution in [-0.2, 0) is 6.54 Å². The van der Waals surface area contributed by atoms with Gasteiger partial charge >= 0.3 is 0 Å². The molecule has 0 bridgehead atoms. The number of hydrogen-bond donors (Lipinski definition) is 2. The molecule has 3 rings (SSSR count). The first kappa shape index (κ1) is 10.9. The van der Waals surface area contributed by atoms with Crippen molar-refractivity contribution in [2.45, 2.75) is 31.9 Å². The number of benzene rings is 1. The molecule has 0 radical (unpaired) electrons. The summed E-state index contributed by atoms with van der Waals surface area (Å²) in [4.78, 5) is 4.30. The van der Waals surface area contributed by atoms with E-state index in [-0.39, 0.29) is 12.0 Å². The molecular formula is C14H18N2O. The van der Waals surface area contributed by atoms with Gasteiger partial charge in [0.1, 0.15) is 0 Å². The minimum absolute atomic E-state index is 0.261. The number of fused-ring (bicyclic) bond motifs is 1. The monoisotopic (exact) mass is 230 g/mol. The number of aliphatic hydroxyl groups is 1. The molecule has 1 aromatic carbocycles. The molecular weight excluding hydrogens is 212 g/mol. The third kappa shape index (κ3) is 1.90. The van der Waals surface area contributed by atoms with Gasteiger partial charge in [-0.3, -0.25) is 4.99 Å². The number of aliphatic imine (C=N–C) groups is 1. The average Bonchev–Trinajstić information content (AvgIpc) is 2.76. The third-order valence-electron chi connectivity index (χ3n) is 3.87. The maximum Gasteiger partial charge on any atom is 0.0733 e. The molecule has 2 N–H and O–H groups in total. The molecule has 0 amide bonds. The molecule has 0 aliphatic carbocycles.